The first kappa shape index (κ1) is 14.2. The SMILES string of the molecule is CC(C)CC(C)NCC(O)c1ccc2c(c1)OCO2. The first-order valence-corrected chi connectivity index (χ1v) is 6.87. The summed E-state index contributed by atoms with van der Waals surface area (Å²) >= 11 is 0. The minimum atomic E-state index is -0.524. The number of aliphatic hydroxyl groups is 1. The summed E-state index contributed by atoms with van der Waals surface area (Å²) in [5.41, 5.74) is 0.855. The van der Waals surface area contributed by atoms with E-state index in [1.54, 1.807) is 0 Å². The van der Waals surface area contributed by atoms with Crippen molar-refractivity contribution in [3.8, 4) is 11.5 Å². The highest BCUT2D eigenvalue weighted by atomic mass is 16.7. The van der Waals surface area contributed by atoms with Crippen LogP contribution in [0.1, 0.15) is 38.9 Å². The number of ether oxygens (including phenoxy) is 2. The van der Waals surface area contributed by atoms with Gasteiger partial charge in [0.25, 0.3) is 0 Å². The molecule has 1 aliphatic rings. The van der Waals surface area contributed by atoms with Gasteiger partial charge >= 0.3 is 0 Å². The minimum absolute atomic E-state index is 0.262. The third-order valence-electron chi connectivity index (χ3n) is 3.27. The van der Waals surface area contributed by atoms with E-state index in [9.17, 15) is 5.11 Å². The summed E-state index contributed by atoms with van der Waals surface area (Å²) < 4.78 is 10.6. The lowest BCUT2D eigenvalue weighted by Crippen LogP contribution is -2.31. The molecule has 2 rings (SSSR count). The molecule has 0 fully saturated rings. The van der Waals surface area contributed by atoms with Crippen molar-refractivity contribution in [2.45, 2.75) is 39.3 Å². The van der Waals surface area contributed by atoms with Crippen molar-refractivity contribution in [3.63, 3.8) is 0 Å². The van der Waals surface area contributed by atoms with E-state index in [0.29, 0.717) is 24.3 Å². The van der Waals surface area contributed by atoms with Crippen LogP contribution in [0.3, 0.4) is 0 Å². The molecule has 0 amide bonds. The molecule has 0 aliphatic carbocycles. The van der Waals surface area contributed by atoms with Crippen LogP contribution in [-0.4, -0.2) is 24.5 Å². The highest BCUT2D eigenvalue weighted by Gasteiger charge is 2.17. The first-order chi connectivity index (χ1) is 9.06. The number of fused-ring (bicyclic) bond motifs is 1. The summed E-state index contributed by atoms with van der Waals surface area (Å²) in [7, 11) is 0. The van der Waals surface area contributed by atoms with Crippen molar-refractivity contribution in [1.82, 2.24) is 5.32 Å². The average molecular weight is 265 g/mol. The normalized spacial score (nSPS) is 16.7. The second-order valence-electron chi connectivity index (χ2n) is 5.57. The number of hydrogen-bond acceptors (Lipinski definition) is 4. The van der Waals surface area contributed by atoms with Gasteiger partial charge in [-0.15, -0.1) is 0 Å². The largest absolute Gasteiger partial charge is 0.454 e. The first-order valence-electron chi connectivity index (χ1n) is 6.87. The predicted octanol–water partition coefficient (Wildman–Crippen LogP) is 2.47. The number of benzene rings is 1. The van der Waals surface area contributed by atoms with Gasteiger partial charge in [0, 0.05) is 12.6 Å². The van der Waals surface area contributed by atoms with E-state index in [-0.39, 0.29) is 6.79 Å². The fraction of sp³-hybridized carbons (Fsp3) is 0.600. The molecule has 1 aromatic carbocycles. The van der Waals surface area contributed by atoms with Crippen LogP contribution in [0.2, 0.25) is 0 Å². The van der Waals surface area contributed by atoms with E-state index in [4.69, 9.17) is 9.47 Å². The molecule has 0 saturated heterocycles. The number of nitrogens with one attached hydrogen (secondary N) is 1. The van der Waals surface area contributed by atoms with Gasteiger partial charge in [0.1, 0.15) is 0 Å². The molecule has 2 N–H and O–H groups in total. The Balaban J connectivity index is 1.87. The van der Waals surface area contributed by atoms with E-state index in [1.165, 1.54) is 0 Å². The minimum Gasteiger partial charge on any atom is -0.454 e. The van der Waals surface area contributed by atoms with Gasteiger partial charge in [-0.25, -0.2) is 0 Å². The number of rotatable bonds is 6. The van der Waals surface area contributed by atoms with Crippen LogP contribution < -0.4 is 14.8 Å². The zero-order chi connectivity index (χ0) is 13.8. The average Bonchev–Trinajstić information content (AvgIpc) is 2.82. The molecule has 0 radical (unpaired) electrons. The van der Waals surface area contributed by atoms with Crippen molar-refractivity contribution in [3.05, 3.63) is 23.8 Å². The Labute approximate surface area is 114 Å². The van der Waals surface area contributed by atoms with Crippen molar-refractivity contribution in [2.24, 2.45) is 5.92 Å². The lowest BCUT2D eigenvalue weighted by Gasteiger charge is -2.19. The molecule has 1 aliphatic heterocycles. The number of aliphatic hydroxyl groups excluding tert-OH is 1. The van der Waals surface area contributed by atoms with Crippen LogP contribution >= 0.6 is 0 Å². The van der Waals surface area contributed by atoms with E-state index in [0.717, 1.165) is 17.7 Å². The summed E-state index contributed by atoms with van der Waals surface area (Å²) in [5.74, 6) is 2.12. The molecule has 2 atom stereocenters. The Bertz CT molecular complexity index is 420. The highest BCUT2D eigenvalue weighted by molar-refractivity contribution is 5.45. The third-order valence-corrected chi connectivity index (χ3v) is 3.27. The second kappa shape index (κ2) is 6.26. The topological polar surface area (TPSA) is 50.7 Å². The zero-order valence-corrected chi connectivity index (χ0v) is 11.8. The van der Waals surface area contributed by atoms with Crippen LogP contribution in [-0.2, 0) is 0 Å². The van der Waals surface area contributed by atoms with Crippen LogP contribution in [0.25, 0.3) is 0 Å². The van der Waals surface area contributed by atoms with Gasteiger partial charge in [-0.3, -0.25) is 0 Å². The van der Waals surface area contributed by atoms with E-state index in [2.05, 4.69) is 26.1 Å². The van der Waals surface area contributed by atoms with Crippen LogP contribution in [0.5, 0.6) is 11.5 Å². The molecule has 4 heteroatoms. The molecule has 4 nitrogen and oxygen atoms in total. The fourth-order valence-corrected chi connectivity index (χ4v) is 2.34. The van der Waals surface area contributed by atoms with E-state index < -0.39 is 6.10 Å². The van der Waals surface area contributed by atoms with Crippen molar-refractivity contribution < 1.29 is 14.6 Å². The summed E-state index contributed by atoms with van der Waals surface area (Å²) in [4.78, 5) is 0. The summed E-state index contributed by atoms with van der Waals surface area (Å²) in [5, 5.41) is 13.5. The van der Waals surface area contributed by atoms with Crippen LogP contribution in [0, 0.1) is 5.92 Å². The predicted molar refractivity (Wildman–Crippen MR) is 74.4 cm³/mol. The molecular formula is C15H23NO3. The van der Waals surface area contributed by atoms with Gasteiger partial charge in [-0.2, -0.15) is 0 Å². The van der Waals surface area contributed by atoms with E-state index in [1.807, 2.05) is 18.2 Å². The lowest BCUT2D eigenvalue weighted by atomic mass is 10.0. The summed E-state index contributed by atoms with van der Waals surface area (Å²) in [6, 6.07) is 5.98. The molecule has 1 heterocycles. The smallest absolute Gasteiger partial charge is 0.231 e. The zero-order valence-electron chi connectivity index (χ0n) is 11.8. The molecule has 19 heavy (non-hydrogen) atoms. The van der Waals surface area contributed by atoms with Crippen molar-refractivity contribution >= 4 is 0 Å². The standard InChI is InChI=1S/C15H23NO3/c1-10(2)6-11(3)16-8-13(17)12-4-5-14-15(7-12)19-9-18-14/h4-5,7,10-11,13,16-17H,6,8-9H2,1-3H3. The van der Waals surface area contributed by atoms with E-state index >= 15 is 0 Å². The fourth-order valence-electron chi connectivity index (χ4n) is 2.34. The lowest BCUT2D eigenvalue weighted by molar-refractivity contribution is 0.166. The second-order valence-corrected chi connectivity index (χ2v) is 5.57. The third kappa shape index (κ3) is 3.85. The Morgan fingerprint density at radius 1 is 1.21 bits per heavy atom. The maximum Gasteiger partial charge on any atom is 0.231 e. The number of hydrogen-bond donors (Lipinski definition) is 2. The summed E-state index contributed by atoms with van der Waals surface area (Å²) in [6.07, 6.45) is 0.581. The summed E-state index contributed by atoms with van der Waals surface area (Å²) in [6.45, 7) is 7.36. The molecule has 0 saturated carbocycles. The molecular weight excluding hydrogens is 242 g/mol. The Hall–Kier alpha value is -1.26. The Morgan fingerprint density at radius 2 is 1.95 bits per heavy atom. The quantitative estimate of drug-likeness (QED) is 0.829. The van der Waals surface area contributed by atoms with Gasteiger partial charge in [-0.1, -0.05) is 19.9 Å². The van der Waals surface area contributed by atoms with Gasteiger partial charge in [0.05, 0.1) is 6.10 Å². The monoisotopic (exact) mass is 265 g/mol. The van der Waals surface area contributed by atoms with Crippen LogP contribution in [0.15, 0.2) is 18.2 Å². The van der Waals surface area contributed by atoms with Gasteiger partial charge in [-0.05, 0) is 37.0 Å². The highest BCUT2D eigenvalue weighted by Crippen LogP contribution is 2.34. The maximum atomic E-state index is 10.2. The molecule has 106 valence electrons. The Kier molecular flexibility index (Phi) is 4.66. The molecule has 0 bridgehead atoms. The van der Waals surface area contributed by atoms with Crippen molar-refractivity contribution in [2.75, 3.05) is 13.3 Å². The molecule has 0 spiro atoms. The molecule has 2 unspecified atom stereocenters. The molecule has 1 aromatic rings. The van der Waals surface area contributed by atoms with Gasteiger partial charge in [0.2, 0.25) is 6.79 Å². The van der Waals surface area contributed by atoms with Crippen LogP contribution in [0.4, 0.5) is 0 Å². The maximum absolute atomic E-state index is 10.2. The van der Waals surface area contributed by atoms with Gasteiger partial charge in [0.15, 0.2) is 11.5 Å². The van der Waals surface area contributed by atoms with Crippen molar-refractivity contribution in [1.29, 1.82) is 0 Å². The van der Waals surface area contributed by atoms with Gasteiger partial charge < -0.3 is 19.9 Å². The molecule has 0 aromatic heterocycles. The Morgan fingerprint density at radius 3 is 2.68 bits per heavy atom.